The molecule has 0 amide bonds. The average molecular weight is 447 g/mol. The van der Waals surface area contributed by atoms with Crippen molar-refractivity contribution in [2.24, 2.45) is 23.7 Å². The largest absolute Gasteiger partial charge is 0.426 e. The molecule has 1 saturated carbocycles. The van der Waals surface area contributed by atoms with E-state index < -0.39 is 11.8 Å². The van der Waals surface area contributed by atoms with E-state index in [0.29, 0.717) is 11.5 Å². The van der Waals surface area contributed by atoms with Crippen LogP contribution in [0, 0.1) is 23.7 Å². The second-order valence-electron chi connectivity index (χ2n) is 9.12. The molecule has 4 heteroatoms. The molecule has 2 aromatic rings. The smallest absolute Gasteiger partial charge is 0.315 e. The van der Waals surface area contributed by atoms with Crippen LogP contribution in [0.2, 0.25) is 0 Å². The molecule has 0 aromatic heterocycles. The summed E-state index contributed by atoms with van der Waals surface area (Å²) in [7, 11) is 0. The maximum absolute atomic E-state index is 13.2. The van der Waals surface area contributed by atoms with E-state index in [9.17, 15) is 9.59 Å². The maximum Gasteiger partial charge on any atom is 0.315 e. The van der Waals surface area contributed by atoms with E-state index in [1.807, 2.05) is 36.4 Å². The Balaban J connectivity index is 1.52. The molecule has 4 unspecified atom stereocenters. The Labute approximate surface area is 197 Å². The number of hydrogen-bond donors (Lipinski definition) is 0. The van der Waals surface area contributed by atoms with Crippen LogP contribution in [0.1, 0.15) is 56.4 Å². The molecule has 2 aromatic carbocycles. The van der Waals surface area contributed by atoms with Crippen molar-refractivity contribution in [1.82, 2.24) is 0 Å². The molecule has 33 heavy (non-hydrogen) atoms. The van der Waals surface area contributed by atoms with Crippen LogP contribution in [0.3, 0.4) is 0 Å². The van der Waals surface area contributed by atoms with Crippen LogP contribution in [-0.2, 0) is 35.3 Å². The van der Waals surface area contributed by atoms with Crippen LogP contribution in [0.25, 0.3) is 0 Å². The molecule has 2 aliphatic carbocycles. The molecule has 0 saturated heterocycles. The summed E-state index contributed by atoms with van der Waals surface area (Å²) >= 11 is 0. The number of hydrogen-bond acceptors (Lipinski definition) is 4. The quantitative estimate of drug-likeness (QED) is 0.288. The summed E-state index contributed by atoms with van der Waals surface area (Å²) in [6.45, 7) is 8.45. The number of benzene rings is 2. The lowest BCUT2D eigenvalue weighted by Gasteiger charge is -2.25. The first-order valence-electron chi connectivity index (χ1n) is 12.3. The molecule has 0 aliphatic heterocycles. The molecular formula is C29H34O4. The zero-order valence-corrected chi connectivity index (χ0v) is 20.1. The van der Waals surface area contributed by atoms with Gasteiger partial charge in [-0.05, 0) is 90.5 Å². The van der Waals surface area contributed by atoms with Gasteiger partial charge in [-0.15, -0.1) is 0 Å². The molecule has 0 spiro atoms. The number of ether oxygens (including phenoxy) is 2. The van der Waals surface area contributed by atoms with Gasteiger partial charge in [-0.3, -0.25) is 9.59 Å². The highest BCUT2D eigenvalue weighted by Gasteiger charge is 2.53. The van der Waals surface area contributed by atoms with Gasteiger partial charge in [0.25, 0.3) is 0 Å². The summed E-state index contributed by atoms with van der Waals surface area (Å²) in [6, 6.07) is 11.7. The predicted molar refractivity (Wildman–Crippen MR) is 129 cm³/mol. The third-order valence-electron chi connectivity index (χ3n) is 7.32. The first-order chi connectivity index (χ1) is 16.0. The highest BCUT2D eigenvalue weighted by atomic mass is 16.5. The predicted octanol–water partition coefficient (Wildman–Crippen LogP) is 5.89. The highest BCUT2D eigenvalue weighted by molar-refractivity contribution is 5.86. The topological polar surface area (TPSA) is 52.6 Å². The molecule has 2 aliphatic rings. The Morgan fingerprint density at radius 2 is 1.06 bits per heavy atom. The summed E-state index contributed by atoms with van der Waals surface area (Å²) in [6.07, 6.45) is 8.58. The highest BCUT2D eigenvalue weighted by Crippen LogP contribution is 2.49. The van der Waals surface area contributed by atoms with Crippen molar-refractivity contribution in [3.05, 3.63) is 70.8 Å². The second kappa shape index (κ2) is 9.94. The zero-order chi connectivity index (χ0) is 23.5. The third kappa shape index (κ3) is 4.62. The van der Waals surface area contributed by atoms with Gasteiger partial charge in [-0.1, -0.05) is 52.0 Å². The molecule has 4 atom stereocenters. The molecule has 1 fully saturated rings. The Hall–Kier alpha value is -2.88. The maximum atomic E-state index is 13.2. The minimum atomic E-state index is -0.510. The molecule has 0 radical (unpaired) electrons. The van der Waals surface area contributed by atoms with Crippen molar-refractivity contribution in [3.8, 4) is 11.5 Å². The van der Waals surface area contributed by atoms with E-state index in [2.05, 4.69) is 39.8 Å². The Morgan fingerprint density at radius 3 is 1.42 bits per heavy atom. The first kappa shape index (κ1) is 23.3. The molecule has 0 N–H and O–H groups in total. The van der Waals surface area contributed by atoms with Gasteiger partial charge in [0.2, 0.25) is 0 Å². The lowest BCUT2D eigenvalue weighted by molar-refractivity contribution is -0.151. The molecule has 4 rings (SSSR count). The Kier molecular flexibility index (Phi) is 7.02. The van der Waals surface area contributed by atoms with Crippen molar-refractivity contribution in [2.75, 3.05) is 0 Å². The van der Waals surface area contributed by atoms with E-state index in [1.54, 1.807) is 0 Å². The van der Waals surface area contributed by atoms with Gasteiger partial charge in [0, 0.05) is 0 Å². The first-order valence-corrected chi connectivity index (χ1v) is 12.3. The third-order valence-corrected chi connectivity index (χ3v) is 7.32. The normalized spacial score (nSPS) is 23.0. The number of rotatable bonds is 8. The van der Waals surface area contributed by atoms with E-state index in [0.717, 1.165) is 32.1 Å². The standard InChI is InChI=1S/C29H34O4/c1-5-18-11-13-24(16-20(18)7-3)32-28(30)26-22-9-10-23(15-22)27(26)29(31)33-25-14-12-19(6-2)21(8-4)17-25/h9-14,16-17,22-23,26-27H,5-8,15H2,1-4H3. The van der Waals surface area contributed by atoms with Gasteiger partial charge < -0.3 is 9.47 Å². The Morgan fingerprint density at radius 1 is 0.667 bits per heavy atom. The summed E-state index contributed by atoms with van der Waals surface area (Å²) in [5.74, 6) is -0.547. The van der Waals surface area contributed by atoms with Crippen LogP contribution >= 0.6 is 0 Å². The SMILES string of the molecule is CCc1ccc(OC(=O)C2C3C=CC(C3)C2C(=O)Oc2ccc(CC)c(CC)c2)cc1CC. The number of esters is 2. The summed E-state index contributed by atoms with van der Waals surface area (Å²) in [4.78, 5) is 26.5. The molecule has 4 nitrogen and oxygen atoms in total. The zero-order valence-electron chi connectivity index (χ0n) is 20.1. The van der Waals surface area contributed by atoms with Crippen molar-refractivity contribution < 1.29 is 19.1 Å². The van der Waals surface area contributed by atoms with E-state index >= 15 is 0 Å². The van der Waals surface area contributed by atoms with Gasteiger partial charge in [-0.25, -0.2) is 0 Å². The number of fused-ring (bicyclic) bond motifs is 2. The lowest BCUT2D eigenvalue weighted by Crippen LogP contribution is -2.37. The lowest BCUT2D eigenvalue weighted by atomic mass is 9.83. The van der Waals surface area contributed by atoms with Gasteiger partial charge in [-0.2, -0.15) is 0 Å². The van der Waals surface area contributed by atoms with Gasteiger partial charge in [0.15, 0.2) is 0 Å². The number of carbonyl (C=O) groups excluding carboxylic acids is 2. The minimum absolute atomic E-state index is 0.0225. The number of allylic oxidation sites excluding steroid dienone is 2. The second-order valence-corrected chi connectivity index (χ2v) is 9.12. The van der Waals surface area contributed by atoms with Crippen LogP contribution in [0.15, 0.2) is 48.6 Å². The summed E-state index contributed by atoms with van der Waals surface area (Å²) in [5.41, 5.74) is 4.91. The average Bonchev–Trinajstić information content (AvgIpc) is 3.45. The van der Waals surface area contributed by atoms with Crippen molar-refractivity contribution in [1.29, 1.82) is 0 Å². The molecular weight excluding hydrogens is 412 g/mol. The fourth-order valence-corrected chi connectivity index (χ4v) is 5.51. The Bertz CT molecular complexity index is 984. The van der Waals surface area contributed by atoms with Crippen molar-refractivity contribution in [3.63, 3.8) is 0 Å². The van der Waals surface area contributed by atoms with E-state index in [-0.39, 0.29) is 23.8 Å². The molecule has 174 valence electrons. The van der Waals surface area contributed by atoms with Gasteiger partial charge in [0.1, 0.15) is 11.5 Å². The summed E-state index contributed by atoms with van der Waals surface area (Å²) in [5, 5.41) is 0. The van der Waals surface area contributed by atoms with Crippen LogP contribution < -0.4 is 9.47 Å². The van der Waals surface area contributed by atoms with Crippen molar-refractivity contribution in [2.45, 2.75) is 59.8 Å². The number of carbonyl (C=O) groups is 2. The van der Waals surface area contributed by atoms with E-state index in [4.69, 9.17) is 9.47 Å². The number of aryl methyl sites for hydroxylation is 4. The van der Waals surface area contributed by atoms with Gasteiger partial charge in [0.05, 0.1) is 11.8 Å². The molecule has 0 heterocycles. The molecule has 2 bridgehead atoms. The van der Waals surface area contributed by atoms with Gasteiger partial charge >= 0.3 is 11.9 Å². The van der Waals surface area contributed by atoms with Crippen LogP contribution in [-0.4, -0.2) is 11.9 Å². The fraction of sp³-hybridized carbons (Fsp3) is 0.448. The summed E-state index contributed by atoms with van der Waals surface area (Å²) < 4.78 is 11.6. The van der Waals surface area contributed by atoms with E-state index in [1.165, 1.54) is 22.3 Å². The monoisotopic (exact) mass is 446 g/mol. The fourth-order valence-electron chi connectivity index (χ4n) is 5.51. The van der Waals surface area contributed by atoms with Crippen LogP contribution in [0.5, 0.6) is 11.5 Å². The van der Waals surface area contributed by atoms with Crippen LogP contribution in [0.4, 0.5) is 0 Å². The van der Waals surface area contributed by atoms with Crippen molar-refractivity contribution >= 4 is 11.9 Å². The minimum Gasteiger partial charge on any atom is -0.426 e.